The Morgan fingerprint density at radius 2 is 1.87 bits per heavy atom. The number of benzene rings is 3. The second kappa shape index (κ2) is 9.80. The molecule has 0 spiro atoms. The third kappa shape index (κ3) is 4.32. The molecule has 5 aromatic rings. The van der Waals surface area contributed by atoms with E-state index in [0.717, 1.165) is 16.8 Å². The van der Waals surface area contributed by atoms with E-state index in [2.05, 4.69) is 6.07 Å². The number of aryl methyl sites for hydroxylation is 1. The van der Waals surface area contributed by atoms with E-state index in [1.54, 1.807) is 10.0 Å². The SMILES string of the molecule is Cc1ccc(S(=O)n2c(-c3cccc(N4CC(C(=O)O)C4)c3)c(-c3ccsc3C#N)c3cc(F)ccc32)cc1. The average Bonchev–Trinajstić information content (AvgIpc) is 3.49. The average molecular weight is 556 g/mol. The molecule has 1 atom stereocenters. The first kappa shape index (κ1) is 25.0. The molecule has 0 aliphatic carbocycles. The summed E-state index contributed by atoms with van der Waals surface area (Å²) in [4.78, 5) is 14.4. The van der Waals surface area contributed by atoms with Crippen LogP contribution in [0.4, 0.5) is 10.1 Å². The Bertz CT molecular complexity index is 1810. The standard InChI is InChI=1S/C30H22FN3O3S2/c1-18-5-8-23(9-6-18)39(37)34-26-10-7-21(31)14-25(26)28(24-11-12-38-27(24)15-32)29(34)19-3-2-4-22(13-19)33-16-20(17-33)30(35)36/h2-14,20H,16-17H2,1H3,(H,35,36). The first-order chi connectivity index (χ1) is 18.9. The molecule has 1 aliphatic heterocycles. The van der Waals surface area contributed by atoms with Crippen LogP contribution in [0.2, 0.25) is 0 Å². The zero-order chi connectivity index (χ0) is 27.3. The van der Waals surface area contributed by atoms with Crippen LogP contribution in [0.1, 0.15) is 10.4 Å². The lowest BCUT2D eigenvalue weighted by Crippen LogP contribution is -2.50. The number of fused-ring (bicyclic) bond motifs is 1. The predicted molar refractivity (Wildman–Crippen MR) is 152 cm³/mol. The van der Waals surface area contributed by atoms with Crippen molar-refractivity contribution >= 4 is 44.9 Å². The molecule has 6 nitrogen and oxygen atoms in total. The molecular weight excluding hydrogens is 533 g/mol. The van der Waals surface area contributed by atoms with E-state index in [4.69, 9.17) is 0 Å². The second-order valence-electron chi connectivity index (χ2n) is 9.51. The van der Waals surface area contributed by atoms with Gasteiger partial charge in [-0.25, -0.2) is 8.60 Å². The summed E-state index contributed by atoms with van der Waals surface area (Å²) in [5, 5.41) is 21.6. The van der Waals surface area contributed by atoms with Crippen LogP contribution >= 0.6 is 11.3 Å². The minimum absolute atomic E-state index is 0.401. The van der Waals surface area contributed by atoms with Crippen molar-refractivity contribution in [1.82, 2.24) is 3.97 Å². The first-order valence-electron chi connectivity index (χ1n) is 12.2. The Balaban J connectivity index is 1.63. The highest BCUT2D eigenvalue weighted by molar-refractivity contribution is 7.83. The molecule has 0 bridgehead atoms. The fraction of sp³-hybridized carbons (Fsp3) is 0.133. The van der Waals surface area contributed by atoms with Gasteiger partial charge in [0.2, 0.25) is 0 Å². The predicted octanol–water partition coefficient (Wildman–Crippen LogP) is 6.45. The molecule has 1 aliphatic rings. The summed E-state index contributed by atoms with van der Waals surface area (Å²) in [6.45, 7) is 2.76. The van der Waals surface area contributed by atoms with E-state index >= 15 is 0 Å². The van der Waals surface area contributed by atoms with Crippen molar-refractivity contribution in [3.05, 3.63) is 94.4 Å². The molecule has 2 aromatic heterocycles. The van der Waals surface area contributed by atoms with Crippen LogP contribution in [0.25, 0.3) is 33.3 Å². The normalized spacial score (nSPS) is 14.2. The molecule has 39 heavy (non-hydrogen) atoms. The number of nitrogens with zero attached hydrogens (tertiary/aromatic N) is 3. The number of thiophene rings is 1. The molecule has 3 heterocycles. The van der Waals surface area contributed by atoms with E-state index in [-0.39, 0.29) is 0 Å². The summed E-state index contributed by atoms with van der Waals surface area (Å²) >= 11 is 1.30. The smallest absolute Gasteiger partial charge is 0.310 e. The third-order valence-corrected chi connectivity index (χ3v) is 9.23. The molecule has 194 valence electrons. The Labute approximate surface area is 230 Å². The number of hydrogen-bond donors (Lipinski definition) is 1. The quantitative estimate of drug-likeness (QED) is 0.260. The fourth-order valence-corrected chi connectivity index (χ4v) is 6.96. The lowest BCUT2D eigenvalue weighted by atomic mass is 9.96. The summed E-state index contributed by atoms with van der Waals surface area (Å²) in [5.74, 6) is -1.67. The molecule has 0 saturated carbocycles. The van der Waals surface area contributed by atoms with Crippen LogP contribution in [0.5, 0.6) is 0 Å². The van der Waals surface area contributed by atoms with Gasteiger partial charge in [-0.05, 0) is 60.8 Å². The summed E-state index contributed by atoms with van der Waals surface area (Å²) in [7, 11) is -1.69. The maximum atomic E-state index is 14.7. The number of halogens is 1. The van der Waals surface area contributed by atoms with Crippen LogP contribution in [0, 0.1) is 30.0 Å². The highest BCUT2D eigenvalue weighted by Gasteiger charge is 2.33. The molecule has 9 heteroatoms. The summed E-state index contributed by atoms with van der Waals surface area (Å²) in [5.41, 5.74) is 5.06. The summed E-state index contributed by atoms with van der Waals surface area (Å²) in [6.07, 6.45) is 0. The van der Waals surface area contributed by atoms with Gasteiger partial charge in [-0.2, -0.15) is 5.26 Å². The van der Waals surface area contributed by atoms with Crippen LogP contribution in [0.15, 0.2) is 83.1 Å². The van der Waals surface area contributed by atoms with Crippen molar-refractivity contribution in [3.63, 3.8) is 0 Å². The van der Waals surface area contributed by atoms with E-state index in [0.29, 0.717) is 50.6 Å². The number of carboxylic acids is 1. The number of nitriles is 1. The van der Waals surface area contributed by atoms with Crippen LogP contribution in [-0.2, 0) is 15.8 Å². The number of hydrogen-bond acceptors (Lipinski definition) is 5. The van der Waals surface area contributed by atoms with Gasteiger partial charge in [-0.15, -0.1) is 11.3 Å². The van der Waals surface area contributed by atoms with Gasteiger partial charge in [0.1, 0.15) is 16.8 Å². The van der Waals surface area contributed by atoms with Gasteiger partial charge < -0.3 is 10.0 Å². The van der Waals surface area contributed by atoms with Crippen LogP contribution in [-0.4, -0.2) is 32.3 Å². The van der Waals surface area contributed by atoms with Crippen molar-refractivity contribution < 1.29 is 18.5 Å². The molecular formula is C30H22FN3O3S2. The molecule has 0 amide bonds. The monoisotopic (exact) mass is 555 g/mol. The van der Waals surface area contributed by atoms with Gasteiger partial charge >= 0.3 is 5.97 Å². The highest BCUT2D eigenvalue weighted by atomic mass is 32.2. The first-order valence-corrected chi connectivity index (χ1v) is 14.2. The molecule has 0 radical (unpaired) electrons. The molecule has 1 fully saturated rings. The van der Waals surface area contributed by atoms with Crippen molar-refractivity contribution in [2.24, 2.45) is 5.92 Å². The van der Waals surface area contributed by atoms with Crippen LogP contribution in [0.3, 0.4) is 0 Å². The van der Waals surface area contributed by atoms with Gasteiger partial charge in [0.25, 0.3) is 0 Å². The molecule has 6 rings (SSSR count). The lowest BCUT2D eigenvalue weighted by molar-refractivity contribution is -0.142. The number of aromatic nitrogens is 1. The van der Waals surface area contributed by atoms with Crippen molar-refractivity contribution in [2.75, 3.05) is 18.0 Å². The largest absolute Gasteiger partial charge is 0.481 e. The Morgan fingerprint density at radius 1 is 1.10 bits per heavy atom. The number of aliphatic carboxylic acids is 1. The van der Waals surface area contributed by atoms with Crippen LogP contribution < -0.4 is 4.90 Å². The van der Waals surface area contributed by atoms with Gasteiger partial charge in [-0.3, -0.25) is 8.77 Å². The van der Waals surface area contributed by atoms with Crippen molar-refractivity contribution in [2.45, 2.75) is 11.8 Å². The summed E-state index contributed by atoms with van der Waals surface area (Å²) < 4.78 is 30.6. The number of carbonyl (C=O) groups is 1. The minimum Gasteiger partial charge on any atom is -0.481 e. The third-order valence-electron chi connectivity index (χ3n) is 7.03. The van der Waals surface area contributed by atoms with Gasteiger partial charge in [0.05, 0.1) is 22.0 Å². The maximum Gasteiger partial charge on any atom is 0.310 e. The van der Waals surface area contributed by atoms with E-state index in [9.17, 15) is 23.8 Å². The van der Waals surface area contributed by atoms with Crippen molar-refractivity contribution in [3.8, 4) is 28.5 Å². The van der Waals surface area contributed by atoms with E-state index < -0.39 is 28.7 Å². The molecule has 1 saturated heterocycles. The molecule has 3 aromatic carbocycles. The zero-order valence-corrected chi connectivity index (χ0v) is 22.4. The van der Waals surface area contributed by atoms with Gasteiger partial charge in [-0.1, -0.05) is 29.8 Å². The number of carboxylic acid groups (broad SMARTS) is 1. The minimum atomic E-state index is -1.69. The fourth-order valence-electron chi connectivity index (χ4n) is 4.99. The highest BCUT2D eigenvalue weighted by Crippen LogP contribution is 2.45. The molecule has 1 unspecified atom stereocenters. The number of rotatable bonds is 6. The van der Waals surface area contributed by atoms with E-state index in [1.807, 2.05) is 71.8 Å². The number of anilines is 1. The molecule has 1 N–H and O–H groups in total. The van der Waals surface area contributed by atoms with E-state index in [1.165, 1.54) is 23.5 Å². The Kier molecular flexibility index (Phi) is 6.29. The second-order valence-corrected chi connectivity index (χ2v) is 11.8. The van der Waals surface area contributed by atoms with Gasteiger partial charge in [0.15, 0.2) is 11.0 Å². The Morgan fingerprint density at radius 3 is 2.59 bits per heavy atom. The summed E-state index contributed by atoms with van der Waals surface area (Å²) in [6, 6.07) is 23.5. The topological polar surface area (TPSA) is 86.3 Å². The maximum absolute atomic E-state index is 14.7. The van der Waals surface area contributed by atoms with Crippen molar-refractivity contribution in [1.29, 1.82) is 5.26 Å². The zero-order valence-electron chi connectivity index (χ0n) is 20.8. The van der Waals surface area contributed by atoms with Gasteiger partial charge in [0, 0.05) is 40.9 Å². The lowest BCUT2D eigenvalue weighted by Gasteiger charge is -2.38. The Hall–Kier alpha value is -4.26.